The standard InChI is InChI=1S/C17H19BrO2/c18-11-4-12-20-17-10-9-16(19)13-15(17)8-7-14-5-2-1-3-6-14/h1-3,5-6,9-10,13,19H,4,7-8,11-12H2. The molecule has 0 atom stereocenters. The minimum absolute atomic E-state index is 0.293. The second-order valence-electron chi connectivity index (χ2n) is 4.67. The molecule has 0 fully saturated rings. The van der Waals surface area contributed by atoms with Gasteiger partial charge in [-0.1, -0.05) is 46.3 Å². The fourth-order valence-electron chi connectivity index (χ4n) is 2.06. The Morgan fingerprint density at radius 3 is 2.55 bits per heavy atom. The zero-order chi connectivity index (χ0) is 14.2. The molecule has 0 aliphatic rings. The summed E-state index contributed by atoms with van der Waals surface area (Å²) < 4.78 is 5.78. The molecule has 0 spiro atoms. The highest BCUT2D eigenvalue weighted by Gasteiger charge is 2.06. The van der Waals surface area contributed by atoms with Crippen LogP contribution in [-0.4, -0.2) is 17.0 Å². The molecule has 2 aromatic carbocycles. The SMILES string of the molecule is Oc1ccc(OCCCBr)c(CCc2ccccc2)c1. The summed E-state index contributed by atoms with van der Waals surface area (Å²) in [6.45, 7) is 0.689. The first-order valence-corrected chi connectivity index (χ1v) is 7.96. The van der Waals surface area contributed by atoms with Crippen LogP contribution < -0.4 is 4.74 Å². The number of hydrogen-bond donors (Lipinski definition) is 1. The predicted octanol–water partition coefficient (Wildman–Crippen LogP) is 4.34. The van der Waals surface area contributed by atoms with Crippen molar-refractivity contribution in [3.05, 3.63) is 59.7 Å². The third-order valence-electron chi connectivity index (χ3n) is 3.11. The number of alkyl halides is 1. The smallest absolute Gasteiger partial charge is 0.122 e. The maximum Gasteiger partial charge on any atom is 0.122 e. The van der Waals surface area contributed by atoms with E-state index in [1.165, 1.54) is 5.56 Å². The van der Waals surface area contributed by atoms with Gasteiger partial charge in [-0.05, 0) is 48.6 Å². The molecule has 2 rings (SSSR count). The lowest BCUT2D eigenvalue weighted by Gasteiger charge is -2.11. The van der Waals surface area contributed by atoms with Gasteiger partial charge in [0.1, 0.15) is 11.5 Å². The summed E-state index contributed by atoms with van der Waals surface area (Å²) in [6.07, 6.45) is 2.78. The molecule has 0 aliphatic heterocycles. The molecule has 0 saturated carbocycles. The Morgan fingerprint density at radius 1 is 1.00 bits per heavy atom. The van der Waals surface area contributed by atoms with Crippen LogP contribution in [0.3, 0.4) is 0 Å². The van der Waals surface area contributed by atoms with Crippen LogP contribution >= 0.6 is 15.9 Å². The summed E-state index contributed by atoms with van der Waals surface area (Å²) in [7, 11) is 0. The minimum Gasteiger partial charge on any atom is -0.508 e. The van der Waals surface area contributed by atoms with E-state index in [1.54, 1.807) is 12.1 Å². The quantitative estimate of drug-likeness (QED) is 0.602. The Labute approximate surface area is 128 Å². The lowest BCUT2D eigenvalue weighted by atomic mass is 10.0. The molecule has 20 heavy (non-hydrogen) atoms. The Bertz CT molecular complexity index is 526. The van der Waals surface area contributed by atoms with Gasteiger partial charge in [0.2, 0.25) is 0 Å². The van der Waals surface area contributed by atoms with Gasteiger partial charge in [0.25, 0.3) is 0 Å². The van der Waals surface area contributed by atoms with Crippen molar-refractivity contribution < 1.29 is 9.84 Å². The zero-order valence-corrected chi connectivity index (χ0v) is 13.0. The van der Waals surface area contributed by atoms with Gasteiger partial charge in [0, 0.05) is 5.33 Å². The Hall–Kier alpha value is -1.48. The van der Waals surface area contributed by atoms with Crippen molar-refractivity contribution in [2.75, 3.05) is 11.9 Å². The Balaban J connectivity index is 2.03. The van der Waals surface area contributed by atoms with Crippen molar-refractivity contribution in [3.63, 3.8) is 0 Å². The summed E-state index contributed by atoms with van der Waals surface area (Å²) in [5.41, 5.74) is 2.35. The topological polar surface area (TPSA) is 29.5 Å². The van der Waals surface area contributed by atoms with Crippen LogP contribution in [0, 0.1) is 0 Å². The summed E-state index contributed by atoms with van der Waals surface area (Å²) in [6, 6.07) is 15.7. The van der Waals surface area contributed by atoms with Crippen LogP contribution in [0.25, 0.3) is 0 Å². The van der Waals surface area contributed by atoms with E-state index in [9.17, 15) is 5.11 Å². The van der Waals surface area contributed by atoms with Crippen LogP contribution in [0.5, 0.6) is 11.5 Å². The summed E-state index contributed by atoms with van der Waals surface area (Å²) in [5.74, 6) is 1.17. The maximum absolute atomic E-state index is 9.64. The number of aromatic hydroxyl groups is 1. The van der Waals surface area contributed by atoms with Gasteiger partial charge in [0.15, 0.2) is 0 Å². The molecule has 1 N–H and O–H groups in total. The van der Waals surface area contributed by atoms with Crippen molar-refractivity contribution >= 4 is 15.9 Å². The summed E-state index contributed by atoms with van der Waals surface area (Å²) >= 11 is 3.39. The fraction of sp³-hybridized carbons (Fsp3) is 0.294. The molecule has 0 amide bonds. The van der Waals surface area contributed by atoms with E-state index in [0.717, 1.165) is 35.9 Å². The van der Waals surface area contributed by atoms with E-state index in [2.05, 4.69) is 28.1 Å². The molecule has 106 valence electrons. The van der Waals surface area contributed by atoms with Crippen molar-refractivity contribution in [1.29, 1.82) is 0 Å². The molecule has 0 aromatic heterocycles. The van der Waals surface area contributed by atoms with Gasteiger partial charge in [-0.15, -0.1) is 0 Å². The number of benzene rings is 2. The van der Waals surface area contributed by atoms with Gasteiger partial charge >= 0.3 is 0 Å². The number of phenolic OH excluding ortho intramolecular Hbond substituents is 1. The van der Waals surface area contributed by atoms with Crippen molar-refractivity contribution in [1.82, 2.24) is 0 Å². The average molecular weight is 335 g/mol. The van der Waals surface area contributed by atoms with Crippen molar-refractivity contribution in [2.24, 2.45) is 0 Å². The lowest BCUT2D eigenvalue weighted by molar-refractivity contribution is 0.315. The van der Waals surface area contributed by atoms with Crippen LogP contribution in [0.1, 0.15) is 17.5 Å². The normalized spacial score (nSPS) is 10.4. The highest BCUT2D eigenvalue weighted by molar-refractivity contribution is 9.09. The third-order valence-corrected chi connectivity index (χ3v) is 3.67. The van der Waals surface area contributed by atoms with E-state index in [4.69, 9.17) is 4.74 Å². The predicted molar refractivity (Wildman–Crippen MR) is 85.9 cm³/mol. The van der Waals surface area contributed by atoms with Crippen LogP contribution in [0.15, 0.2) is 48.5 Å². The summed E-state index contributed by atoms with van der Waals surface area (Å²) in [5, 5.41) is 10.6. The zero-order valence-electron chi connectivity index (χ0n) is 11.4. The first-order valence-electron chi connectivity index (χ1n) is 6.84. The van der Waals surface area contributed by atoms with E-state index in [1.807, 2.05) is 24.3 Å². The maximum atomic E-state index is 9.64. The van der Waals surface area contributed by atoms with Crippen LogP contribution in [0.4, 0.5) is 0 Å². The number of ether oxygens (including phenoxy) is 1. The average Bonchev–Trinajstić information content (AvgIpc) is 2.48. The van der Waals surface area contributed by atoms with Crippen molar-refractivity contribution in [3.8, 4) is 11.5 Å². The molecule has 2 aromatic rings. The molecule has 0 bridgehead atoms. The highest BCUT2D eigenvalue weighted by atomic mass is 79.9. The number of phenols is 1. The Kier molecular flexibility index (Phi) is 5.93. The molecular formula is C17H19BrO2. The van der Waals surface area contributed by atoms with Crippen molar-refractivity contribution in [2.45, 2.75) is 19.3 Å². The number of hydrogen-bond acceptors (Lipinski definition) is 2. The van der Waals surface area contributed by atoms with E-state index >= 15 is 0 Å². The van der Waals surface area contributed by atoms with Gasteiger partial charge in [0.05, 0.1) is 6.61 Å². The Morgan fingerprint density at radius 2 is 1.80 bits per heavy atom. The van der Waals surface area contributed by atoms with Gasteiger partial charge in [-0.3, -0.25) is 0 Å². The number of aryl methyl sites for hydroxylation is 2. The monoisotopic (exact) mass is 334 g/mol. The van der Waals surface area contributed by atoms with Crippen LogP contribution in [-0.2, 0) is 12.8 Å². The molecule has 0 aliphatic carbocycles. The van der Waals surface area contributed by atoms with E-state index < -0.39 is 0 Å². The largest absolute Gasteiger partial charge is 0.508 e. The van der Waals surface area contributed by atoms with E-state index in [0.29, 0.717) is 12.4 Å². The van der Waals surface area contributed by atoms with Gasteiger partial charge < -0.3 is 9.84 Å². The highest BCUT2D eigenvalue weighted by Crippen LogP contribution is 2.25. The van der Waals surface area contributed by atoms with Gasteiger partial charge in [-0.2, -0.15) is 0 Å². The molecule has 2 nitrogen and oxygen atoms in total. The molecule has 0 unspecified atom stereocenters. The number of halogens is 1. The van der Waals surface area contributed by atoms with Gasteiger partial charge in [-0.25, -0.2) is 0 Å². The first-order chi connectivity index (χ1) is 9.79. The molecular weight excluding hydrogens is 316 g/mol. The minimum atomic E-state index is 0.293. The first kappa shape index (κ1) is 14.9. The second-order valence-corrected chi connectivity index (χ2v) is 5.46. The molecule has 0 saturated heterocycles. The van der Waals surface area contributed by atoms with Crippen LogP contribution in [0.2, 0.25) is 0 Å². The fourth-order valence-corrected chi connectivity index (χ4v) is 2.29. The molecule has 3 heteroatoms. The third kappa shape index (κ3) is 4.57. The molecule has 0 radical (unpaired) electrons. The lowest BCUT2D eigenvalue weighted by Crippen LogP contribution is -2.01. The summed E-state index contributed by atoms with van der Waals surface area (Å²) in [4.78, 5) is 0. The van der Waals surface area contributed by atoms with E-state index in [-0.39, 0.29) is 0 Å². The second kappa shape index (κ2) is 7.95. The number of rotatable bonds is 7. The molecule has 0 heterocycles.